The minimum absolute atomic E-state index is 0.0317. The van der Waals surface area contributed by atoms with E-state index in [-0.39, 0.29) is 23.5 Å². The number of hydrogen-bond donors (Lipinski definition) is 3. The van der Waals surface area contributed by atoms with Crippen LogP contribution in [0.3, 0.4) is 0 Å². The van der Waals surface area contributed by atoms with E-state index in [2.05, 4.69) is 10.3 Å². The SMILES string of the molecule is CC1(C)C(O)CC1NC(=O)c1cccc2[nH]ccc12. The van der Waals surface area contributed by atoms with Crippen molar-refractivity contribution >= 4 is 16.8 Å². The molecule has 1 heterocycles. The van der Waals surface area contributed by atoms with Gasteiger partial charge in [0.25, 0.3) is 5.91 Å². The summed E-state index contributed by atoms with van der Waals surface area (Å²) in [6.45, 7) is 3.95. The van der Waals surface area contributed by atoms with E-state index in [1.165, 1.54) is 0 Å². The van der Waals surface area contributed by atoms with Crippen molar-refractivity contribution in [2.45, 2.75) is 32.4 Å². The van der Waals surface area contributed by atoms with Crippen LogP contribution in [0.4, 0.5) is 0 Å². The highest BCUT2D eigenvalue weighted by Gasteiger charge is 2.48. The van der Waals surface area contributed by atoms with Gasteiger partial charge in [0.2, 0.25) is 0 Å². The van der Waals surface area contributed by atoms with Crippen molar-refractivity contribution in [2.24, 2.45) is 5.41 Å². The molecule has 0 saturated heterocycles. The Balaban J connectivity index is 1.83. The van der Waals surface area contributed by atoms with Crippen LogP contribution in [0, 0.1) is 5.41 Å². The Morgan fingerprint density at radius 1 is 1.42 bits per heavy atom. The molecule has 19 heavy (non-hydrogen) atoms. The Hall–Kier alpha value is -1.81. The average molecular weight is 258 g/mol. The highest BCUT2D eigenvalue weighted by molar-refractivity contribution is 6.06. The molecule has 0 bridgehead atoms. The van der Waals surface area contributed by atoms with Gasteiger partial charge in [0.1, 0.15) is 0 Å². The molecule has 2 atom stereocenters. The minimum atomic E-state index is -0.333. The molecule has 3 rings (SSSR count). The van der Waals surface area contributed by atoms with Crippen LogP contribution in [0.25, 0.3) is 10.9 Å². The predicted molar refractivity (Wildman–Crippen MR) is 74.0 cm³/mol. The van der Waals surface area contributed by atoms with Crippen molar-refractivity contribution in [1.29, 1.82) is 0 Å². The van der Waals surface area contributed by atoms with E-state index in [1.807, 2.05) is 44.3 Å². The maximum Gasteiger partial charge on any atom is 0.252 e. The zero-order chi connectivity index (χ0) is 13.6. The molecule has 0 spiro atoms. The first-order valence-electron chi connectivity index (χ1n) is 6.55. The molecule has 1 saturated carbocycles. The summed E-state index contributed by atoms with van der Waals surface area (Å²) in [5.41, 5.74) is 1.39. The van der Waals surface area contributed by atoms with E-state index < -0.39 is 0 Å². The first-order chi connectivity index (χ1) is 9.00. The van der Waals surface area contributed by atoms with Crippen LogP contribution >= 0.6 is 0 Å². The second-order valence-corrected chi connectivity index (χ2v) is 5.84. The Bertz CT molecular complexity index is 630. The summed E-state index contributed by atoms with van der Waals surface area (Å²) in [6.07, 6.45) is 2.13. The molecule has 1 aliphatic rings. The summed E-state index contributed by atoms with van der Waals surface area (Å²) >= 11 is 0. The van der Waals surface area contributed by atoms with Crippen LogP contribution < -0.4 is 5.32 Å². The number of H-pyrrole nitrogens is 1. The normalized spacial score (nSPS) is 25.0. The van der Waals surface area contributed by atoms with Gasteiger partial charge in [-0.2, -0.15) is 0 Å². The number of nitrogens with one attached hydrogen (secondary N) is 2. The van der Waals surface area contributed by atoms with Crippen molar-refractivity contribution in [1.82, 2.24) is 10.3 Å². The molecule has 4 heteroatoms. The summed E-state index contributed by atoms with van der Waals surface area (Å²) < 4.78 is 0. The molecule has 1 aromatic heterocycles. The molecule has 3 N–H and O–H groups in total. The van der Waals surface area contributed by atoms with E-state index in [4.69, 9.17) is 0 Å². The third-order valence-electron chi connectivity index (χ3n) is 4.36. The highest BCUT2D eigenvalue weighted by Crippen LogP contribution is 2.40. The number of amides is 1. The van der Waals surface area contributed by atoms with Gasteiger partial charge in [0.05, 0.1) is 6.10 Å². The fraction of sp³-hybridized carbons (Fsp3) is 0.400. The second-order valence-electron chi connectivity index (χ2n) is 5.84. The molecule has 2 unspecified atom stereocenters. The monoisotopic (exact) mass is 258 g/mol. The van der Waals surface area contributed by atoms with Gasteiger partial charge in [-0.05, 0) is 24.6 Å². The summed E-state index contributed by atoms with van der Waals surface area (Å²) in [6, 6.07) is 7.58. The average Bonchev–Trinajstić information content (AvgIpc) is 2.86. The lowest BCUT2D eigenvalue weighted by atomic mass is 9.64. The Kier molecular flexibility index (Phi) is 2.64. The number of fused-ring (bicyclic) bond motifs is 1. The zero-order valence-corrected chi connectivity index (χ0v) is 11.1. The first-order valence-corrected chi connectivity index (χ1v) is 6.55. The van der Waals surface area contributed by atoms with Gasteiger partial charge in [-0.3, -0.25) is 4.79 Å². The fourth-order valence-electron chi connectivity index (χ4n) is 2.67. The molecular weight excluding hydrogens is 240 g/mol. The molecule has 1 aromatic carbocycles. The minimum Gasteiger partial charge on any atom is -0.392 e. The third-order valence-corrected chi connectivity index (χ3v) is 4.36. The molecule has 0 radical (unpaired) electrons. The van der Waals surface area contributed by atoms with E-state index in [9.17, 15) is 9.90 Å². The topological polar surface area (TPSA) is 65.1 Å². The van der Waals surface area contributed by atoms with E-state index >= 15 is 0 Å². The first kappa shape index (κ1) is 12.2. The van der Waals surface area contributed by atoms with Crippen LogP contribution in [0.15, 0.2) is 30.5 Å². The second kappa shape index (κ2) is 4.10. The Labute approximate surface area is 111 Å². The Morgan fingerprint density at radius 3 is 2.89 bits per heavy atom. The van der Waals surface area contributed by atoms with Gasteiger partial charge in [0.15, 0.2) is 0 Å². The number of rotatable bonds is 2. The summed E-state index contributed by atoms with van der Waals surface area (Å²) in [4.78, 5) is 15.4. The number of carbonyl (C=O) groups excluding carboxylic acids is 1. The molecule has 0 aliphatic heterocycles. The zero-order valence-electron chi connectivity index (χ0n) is 11.1. The lowest BCUT2D eigenvalue weighted by Crippen LogP contribution is -2.61. The van der Waals surface area contributed by atoms with Gasteiger partial charge in [-0.15, -0.1) is 0 Å². The van der Waals surface area contributed by atoms with Crippen molar-refractivity contribution in [3.8, 4) is 0 Å². The number of aromatic amines is 1. The van der Waals surface area contributed by atoms with Gasteiger partial charge in [-0.1, -0.05) is 19.9 Å². The molecule has 1 aliphatic carbocycles. The smallest absolute Gasteiger partial charge is 0.252 e. The van der Waals surface area contributed by atoms with Gasteiger partial charge in [-0.25, -0.2) is 0 Å². The highest BCUT2D eigenvalue weighted by atomic mass is 16.3. The molecule has 2 aromatic rings. The van der Waals surface area contributed by atoms with Crippen LogP contribution in [-0.2, 0) is 0 Å². The van der Waals surface area contributed by atoms with Crippen molar-refractivity contribution in [2.75, 3.05) is 0 Å². The molecule has 100 valence electrons. The fourth-order valence-corrected chi connectivity index (χ4v) is 2.67. The van der Waals surface area contributed by atoms with Crippen molar-refractivity contribution in [3.05, 3.63) is 36.0 Å². The standard InChI is InChI=1S/C15H18N2O2/c1-15(2)12(8-13(15)18)17-14(19)10-4-3-5-11-9(10)6-7-16-11/h3-7,12-13,16,18H,8H2,1-2H3,(H,17,19). The molecule has 4 nitrogen and oxygen atoms in total. The summed E-state index contributed by atoms with van der Waals surface area (Å²) in [7, 11) is 0. The van der Waals surface area contributed by atoms with Crippen LogP contribution in [0.5, 0.6) is 0 Å². The van der Waals surface area contributed by atoms with Gasteiger partial charge >= 0.3 is 0 Å². The van der Waals surface area contributed by atoms with Crippen molar-refractivity contribution in [3.63, 3.8) is 0 Å². The third kappa shape index (κ3) is 1.83. The molecule has 1 amide bonds. The number of benzene rings is 1. The lowest BCUT2D eigenvalue weighted by molar-refractivity contribution is -0.0689. The largest absolute Gasteiger partial charge is 0.392 e. The van der Waals surface area contributed by atoms with E-state index in [1.54, 1.807) is 0 Å². The maximum absolute atomic E-state index is 12.3. The number of hydrogen-bond acceptors (Lipinski definition) is 2. The lowest BCUT2D eigenvalue weighted by Gasteiger charge is -2.49. The Morgan fingerprint density at radius 2 is 2.21 bits per heavy atom. The number of aromatic nitrogens is 1. The van der Waals surface area contributed by atoms with Gasteiger partial charge in [0, 0.05) is 34.1 Å². The molecule has 1 fully saturated rings. The predicted octanol–water partition coefficient (Wildman–Crippen LogP) is 2.06. The van der Waals surface area contributed by atoms with Crippen LogP contribution in [-0.4, -0.2) is 28.1 Å². The molecular formula is C15H18N2O2. The van der Waals surface area contributed by atoms with Crippen LogP contribution in [0.1, 0.15) is 30.6 Å². The van der Waals surface area contributed by atoms with Crippen molar-refractivity contribution < 1.29 is 9.90 Å². The maximum atomic E-state index is 12.3. The quantitative estimate of drug-likeness (QED) is 0.772. The number of aliphatic hydroxyl groups excluding tert-OH is 1. The number of aliphatic hydroxyl groups is 1. The van der Waals surface area contributed by atoms with E-state index in [0.717, 1.165) is 10.9 Å². The summed E-state index contributed by atoms with van der Waals surface area (Å²) in [5.74, 6) is -0.0739. The summed E-state index contributed by atoms with van der Waals surface area (Å²) in [5, 5.41) is 13.7. The van der Waals surface area contributed by atoms with Crippen LogP contribution in [0.2, 0.25) is 0 Å². The van der Waals surface area contributed by atoms with E-state index in [0.29, 0.717) is 12.0 Å². The number of carbonyl (C=O) groups is 1. The van der Waals surface area contributed by atoms with Gasteiger partial charge < -0.3 is 15.4 Å².